The highest BCUT2D eigenvalue weighted by molar-refractivity contribution is 7.13. The molecular formula is C19H19FN2S. The van der Waals surface area contributed by atoms with Crippen LogP contribution in [0.2, 0.25) is 0 Å². The van der Waals surface area contributed by atoms with Crippen molar-refractivity contribution < 1.29 is 4.39 Å². The van der Waals surface area contributed by atoms with Crippen molar-refractivity contribution in [1.29, 1.82) is 0 Å². The lowest BCUT2D eigenvalue weighted by molar-refractivity contribution is 0.590. The van der Waals surface area contributed by atoms with Gasteiger partial charge in [-0.3, -0.25) is 0 Å². The largest absolute Gasteiger partial charge is 0.375 e. The minimum absolute atomic E-state index is 0.0804. The molecule has 0 unspecified atom stereocenters. The molecule has 0 spiro atoms. The summed E-state index contributed by atoms with van der Waals surface area (Å²) in [5.74, 6) is -0.263. The van der Waals surface area contributed by atoms with Gasteiger partial charge < -0.3 is 5.73 Å². The highest BCUT2D eigenvalue weighted by Gasteiger charge is 2.16. The molecule has 1 aromatic heterocycles. The van der Waals surface area contributed by atoms with Crippen LogP contribution in [0.4, 0.5) is 9.52 Å². The first kappa shape index (κ1) is 15.7. The Bertz CT molecular complexity index is 829. The Balaban J connectivity index is 2.04. The van der Waals surface area contributed by atoms with Crippen molar-refractivity contribution in [3.63, 3.8) is 0 Å². The zero-order valence-corrected chi connectivity index (χ0v) is 14.2. The molecule has 118 valence electrons. The maximum atomic E-state index is 14.9. The lowest BCUT2D eigenvalue weighted by atomic mass is 9.86. The molecule has 23 heavy (non-hydrogen) atoms. The summed E-state index contributed by atoms with van der Waals surface area (Å²) in [4.78, 5) is 4.18. The predicted octanol–water partition coefficient (Wildman–Crippen LogP) is 5.50. The van der Waals surface area contributed by atoms with Crippen molar-refractivity contribution in [2.24, 2.45) is 0 Å². The minimum atomic E-state index is -0.263. The SMILES string of the molecule is CC(C)(C)c1ccc(-c2cccc(-c3csc(N)n3)c2F)cc1. The molecule has 2 nitrogen and oxygen atoms in total. The summed E-state index contributed by atoms with van der Waals surface area (Å²) in [5, 5.41) is 2.22. The van der Waals surface area contributed by atoms with E-state index in [1.165, 1.54) is 16.9 Å². The van der Waals surface area contributed by atoms with Crippen LogP contribution in [0.5, 0.6) is 0 Å². The van der Waals surface area contributed by atoms with Crippen molar-refractivity contribution in [1.82, 2.24) is 4.98 Å². The number of nitrogens with zero attached hydrogens (tertiary/aromatic N) is 1. The summed E-state index contributed by atoms with van der Waals surface area (Å²) in [7, 11) is 0. The van der Waals surface area contributed by atoms with Crippen molar-refractivity contribution in [2.45, 2.75) is 26.2 Å². The predicted molar refractivity (Wildman–Crippen MR) is 96.1 cm³/mol. The summed E-state index contributed by atoms with van der Waals surface area (Å²) >= 11 is 1.31. The van der Waals surface area contributed by atoms with E-state index >= 15 is 0 Å². The summed E-state index contributed by atoms with van der Waals surface area (Å²) in [6.07, 6.45) is 0. The van der Waals surface area contributed by atoms with Gasteiger partial charge in [0.25, 0.3) is 0 Å². The maximum Gasteiger partial charge on any atom is 0.180 e. The van der Waals surface area contributed by atoms with Gasteiger partial charge in [0.15, 0.2) is 5.13 Å². The number of hydrogen-bond donors (Lipinski definition) is 1. The molecule has 3 aromatic rings. The molecule has 3 rings (SSSR count). The molecule has 1 heterocycles. The zero-order chi connectivity index (χ0) is 16.6. The fraction of sp³-hybridized carbons (Fsp3) is 0.211. The van der Waals surface area contributed by atoms with Crippen LogP contribution in [0.3, 0.4) is 0 Å². The third-order valence-electron chi connectivity index (χ3n) is 3.86. The Morgan fingerprint density at radius 3 is 2.22 bits per heavy atom. The summed E-state index contributed by atoms with van der Waals surface area (Å²) in [5.41, 5.74) is 9.47. The van der Waals surface area contributed by atoms with E-state index in [0.29, 0.717) is 22.0 Å². The molecule has 0 saturated carbocycles. The van der Waals surface area contributed by atoms with E-state index in [1.54, 1.807) is 17.5 Å². The van der Waals surface area contributed by atoms with Crippen LogP contribution in [-0.4, -0.2) is 4.98 Å². The van der Waals surface area contributed by atoms with Crippen molar-refractivity contribution in [2.75, 3.05) is 5.73 Å². The van der Waals surface area contributed by atoms with Gasteiger partial charge in [0.05, 0.1) is 5.69 Å². The zero-order valence-electron chi connectivity index (χ0n) is 13.4. The van der Waals surface area contributed by atoms with E-state index in [1.807, 2.05) is 18.2 Å². The van der Waals surface area contributed by atoms with Crippen LogP contribution in [0.25, 0.3) is 22.4 Å². The highest BCUT2D eigenvalue weighted by atomic mass is 32.1. The summed E-state index contributed by atoms with van der Waals surface area (Å²) in [6.45, 7) is 6.49. The Kier molecular flexibility index (Phi) is 3.94. The molecule has 0 radical (unpaired) electrons. The smallest absolute Gasteiger partial charge is 0.180 e. The molecule has 2 N–H and O–H groups in total. The molecule has 0 bridgehead atoms. The average molecular weight is 326 g/mol. The normalized spacial score (nSPS) is 11.7. The molecule has 0 aliphatic carbocycles. The van der Waals surface area contributed by atoms with E-state index in [0.717, 1.165) is 5.56 Å². The van der Waals surface area contributed by atoms with E-state index in [4.69, 9.17) is 5.73 Å². The molecule has 2 aromatic carbocycles. The number of halogens is 1. The number of nitrogens with two attached hydrogens (primary N) is 1. The van der Waals surface area contributed by atoms with Crippen LogP contribution in [0.1, 0.15) is 26.3 Å². The van der Waals surface area contributed by atoms with E-state index < -0.39 is 0 Å². The highest BCUT2D eigenvalue weighted by Crippen LogP contribution is 2.33. The first-order chi connectivity index (χ1) is 10.9. The number of hydrogen-bond acceptors (Lipinski definition) is 3. The van der Waals surface area contributed by atoms with Gasteiger partial charge in [0.1, 0.15) is 5.82 Å². The van der Waals surface area contributed by atoms with Crippen LogP contribution < -0.4 is 5.73 Å². The van der Waals surface area contributed by atoms with E-state index in [-0.39, 0.29) is 11.2 Å². The second-order valence-electron chi connectivity index (χ2n) is 6.57. The van der Waals surface area contributed by atoms with Crippen LogP contribution in [-0.2, 0) is 5.41 Å². The van der Waals surface area contributed by atoms with Gasteiger partial charge in [0.2, 0.25) is 0 Å². The lowest BCUT2D eigenvalue weighted by Gasteiger charge is -2.19. The van der Waals surface area contributed by atoms with Gasteiger partial charge in [-0.2, -0.15) is 0 Å². The van der Waals surface area contributed by atoms with Crippen molar-refractivity contribution in [3.8, 4) is 22.4 Å². The van der Waals surface area contributed by atoms with Gasteiger partial charge in [-0.1, -0.05) is 57.2 Å². The number of benzene rings is 2. The number of rotatable bonds is 2. The molecule has 0 atom stereocenters. The molecule has 0 aliphatic heterocycles. The standard InChI is InChI=1S/C19H19FN2S/c1-19(2,3)13-9-7-12(8-10-13)14-5-4-6-15(17(14)20)16-11-23-18(21)22-16/h4-11H,1-3H3,(H2,21,22). The number of anilines is 1. The Morgan fingerprint density at radius 2 is 1.65 bits per heavy atom. The topological polar surface area (TPSA) is 38.9 Å². The lowest BCUT2D eigenvalue weighted by Crippen LogP contribution is -2.10. The third kappa shape index (κ3) is 3.13. The minimum Gasteiger partial charge on any atom is -0.375 e. The molecule has 4 heteroatoms. The fourth-order valence-electron chi connectivity index (χ4n) is 2.51. The number of thiazole rings is 1. The van der Waals surface area contributed by atoms with Crippen molar-refractivity contribution in [3.05, 3.63) is 59.2 Å². The van der Waals surface area contributed by atoms with E-state index in [2.05, 4.69) is 37.9 Å². The van der Waals surface area contributed by atoms with Gasteiger partial charge in [0, 0.05) is 16.5 Å². The first-order valence-electron chi connectivity index (χ1n) is 7.47. The Morgan fingerprint density at radius 1 is 1.00 bits per heavy atom. The Hall–Kier alpha value is -2.20. The third-order valence-corrected chi connectivity index (χ3v) is 4.53. The average Bonchev–Trinajstić information content (AvgIpc) is 2.93. The maximum absolute atomic E-state index is 14.9. The second kappa shape index (κ2) is 5.78. The Labute approximate surface area is 139 Å². The molecular weight excluding hydrogens is 307 g/mol. The van der Waals surface area contributed by atoms with Crippen LogP contribution >= 0.6 is 11.3 Å². The molecule has 0 aliphatic rings. The van der Waals surface area contributed by atoms with Gasteiger partial charge in [-0.15, -0.1) is 11.3 Å². The van der Waals surface area contributed by atoms with E-state index in [9.17, 15) is 4.39 Å². The molecule has 0 fully saturated rings. The summed E-state index contributed by atoms with van der Waals surface area (Å²) in [6, 6.07) is 13.4. The number of aromatic nitrogens is 1. The second-order valence-corrected chi connectivity index (χ2v) is 7.46. The van der Waals surface area contributed by atoms with Crippen LogP contribution in [0.15, 0.2) is 47.8 Å². The summed E-state index contributed by atoms with van der Waals surface area (Å²) < 4.78 is 14.9. The monoisotopic (exact) mass is 326 g/mol. The van der Waals surface area contributed by atoms with Crippen LogP contribution in [0, 0.1) is 5.82 Å². The molecule has 0 saturated heterocycles. The first-order valence-corrected chi connectivity index (χ1v) is 8.35. The van der Waals surface area contributed by atoms with Gasteiger partial charge in [-0.25, -0.2) is 9.37 Å². The van der Waals surface area contributed by atoms with Gasteiger partial charge >= 0.3 is 0 Å². The number of nitrogen functional groups attached to an aromatic ring is 1. The van der Waals surface area contributed by atoms with Crippen molar-refractivity contribution >= 4 is 16.5 Å². The quantitative estimate of drug-likeness (QED) is 0.675. The fourth-order valence-corrected chi connectivity index (χ4v) is 3.08. The molecule has 0 amide bonds. The van der Waals surface area contributed by atoms with Gasteiger partial charge in [-0.05, 0) is 22.6 Å².